The van der Waals surface area contributed by atoms with Gasteiger partial charge in [0.2, 0.25) is 0 Å². The first-order valence-corrected chi connectivity index (χ1v) is 7.08. The molecule has 1 aliphatic carbocycles. The van der Waals surface area contributed by atoms with Gasteiger partial charge in [-0.15, -0.1) is 0 Å². The molecule has 0 aromatic carbocycles. The molecule has 1 saturated heterocycles. The molecule has 17 heavy (non-hydrogen) atoms. The summed E-state index contributed by atoms with van der Waals surface area (Å²) < 4.78 is 5.69. The van der Waals surface area contributed by atoms with E-state index in [0.29, 0.717) is 12.5 Å². The molecule has 1 unspecified atom stereocenters. The highest BCUT2D eigenvalue weighted by Gasteiger charge is 2.60. The Hall–Kier alpha value is -0.0800. The van der Waals surface area contributed by atoms with Gasteiger partial charge in [0.15, 0.2) is 5.79 Å². The third-order valence-corrected chi connectivity index (χ3v) is 6.07. The van der Waals surface area contributed by atoms with Crippen LogP contribution < -0.4 is 0 Å². The molecule has 1 N–H and O–H groups in total. The van der Waals surface area contributed by atoms with E-state index in [2.05, 4.69) is 27.7 Å². The molecule has 2 aliphatic rings. The van der Waals surface area contributed by atoms with E-state index in [9.17, 15) is 5.11 Å². The van der Waals surface area contributed by atoms with Gasteiger partial charge in [0.1, 0.15) is 0 Å². The van der Waals surface area contributed by atoms with Crippen LogP contribution >= 0.6 is 0 Å². The van der Waals surface area contributed by atoms with Crippen LogP contribution in [0, 0.1) is 22.7 Å². The zero-order chi connectivity index (χ0) is 12.9. The largest absolute Gasteiger partial charge is 0.365 e. The zero-order valence-electron chi connectivity index (χ0n) is 12.0. The molecule has 1 heterocycles. The molecule has 1 aliphatic heterocycles. The summed E-state index contributed by atoms with van der Waals surface area (Å²) in [5.74, 6) is 0.462. The molecule has 0 spiro atoms. The monoisotopic (exact) mass is 240 g/mol. The highest BCUT2D eigenvalue weighted by Crippen LogP contribution is 2.62. The normalized spacial score (nSPS) is 51.4. The Balaban J connectivity index is 2.32. The van der Waals surface area contributed by atoms with Gasteiger partial charge in [0.05, 0.1) is 6.61 Å². The van der Waals surface area contributed by atoms with E-state index in [1.807, 2.05) is 6.92 Å². The molecule has 100 valence electrons. The van der Waals surface area contributed by atoms with Crippen LogP contribution in [0.5, 0.6) is 0 Å². The quantitative estimate of drug-likeness (QED) is 0.759. The highest BCUT2D eigenvalue weighted by atomic mass is 16.6. The van der Waals surface area contributed by atoms with Crippen molar-refractivity contribution >= 4 is 0 Å². The summed E-state index contributed by atoms with van der Waals surface area (Å²) >= 11 is 0. The Morgan fingerprint density at radius 1 is 1.18 bits per heavy atom. The van der Waals surface area contributed by atoms with Gasteiger partial charge in [-0.3, -0.25) is 0 Å². The second kappa shape index (κ2) is 3.96. The van der Waals surface area contributed by atoms with Crippen LogP contribution in [0.1, 0.15) is 60.3 Å². The number of rotatable bonds is 1. The summed E-state index contributed by atoms with van der Waals surface area (Å²) in [5.41, 5.74) is 0.131. The maximum atomic E-state index is 10.7. The van der Waals surface area contributed by atoms with E-state index >= 15 is 0 Å². The topological polar surface area (TPSA) is 29.5 Å². The zero-order valence-corrected chi connectivity index (χ0v) is 12.0. The van der Waals surface area contributed by atoms with E-state index in [1.54, 1.807) is 0 Å². The van der Waals surface area contributed by atoms with E-state index in [0.717, 1.165) is 18.8 Å². The lowest BCUT2D eigenvalue weighted by atomic mass is 9.49. The molecule has 2 fully saturated rings. The number of ether oxygens (including phenoxy) is 1. The number of hydrogen-bond donors (Lipinski definition) is 1. The third kappa shape index (κ3) is 1.84. The SMILES string of the molecule is CC(C)[C@@H]1CC[C@]2(C)CCOC(C)(O)[C@]2(C)C1. The fourth-order valence-corrected chi connectivity index (χ4v) is 4.01. The Kier molecular flexibility index (Phi) is 3.11. The van der Waals surface area contributed by atoms with Crippen molar-refractivity contribution in [1.82, 2.24) is 0 Å². The summed E-state index contributed by atoms with van der Waals surface area (Å²) in [6.45, 7) is 11.8. The summed E-state index contributed by atoms with van der Waals surface area (Å²) in [4.78, 5) is 0. The molecule has 0 aromatic rings. The Labute approximate surface area is 106 Å². The first-order valence-electron chi connectivity index (χ1n) is 7.08. The minimum absolute atomic E-state index is 0.106. The van der Waals surface area contributed by atoms with Crippen molar-refractivity contribution in [2.45, 2.75) is 66.1 Å². The van der Waals surface area contributed by atoms with Crippen molar-refractivity contribution in [2.24, 2.45) is 22.7 Å². The van der Waals surface area contributed by atoms with E-state index in [4.69, 9.17) is 4.74 Å². The van der Waals surface area contributed by atoms with E-state index in [-0.39, 0.29) is 10.8 Å². The predicted molar refractivity (Wildman–Crippen MR) is 69.6 cm³/mol. The van der Waals surface area contributed by atoms with E-state index in [1.165, 1.54) is 12.8 Å². The number of aliphatic hydroxyl groups is 1. The van der Waals surface area contributed by atoms with E-state index < -0.39 is 5.79 Å². The summed E-state index contributed by atoms with van der Waals surface area (Å²) in [6, 6.07) is 0. The Morgan fingerprint density at radius 2 is 1.82 bits per heavy atom. The summed E-state index contributed by atoms with van der Waals surface area (Å²) in [7, 11) is 0. The molecular formula is C15H28O2. The Bertz CT molecular complexity index is 297. The lowest BCUT2D eigenvalue weighted by Gasteiger charge is -2.61. The van der Waals surface area contributed by atoms with Crippen LogP contribution in [0.4, 0.5) is 0 Å². The van der Waals surface area contributed by atoms with Gasteiger partial charge in [-0.2, -0.15) is 0 Å². The van der Waals surface area contributed by atoms with Crippen molar-refractivity contribution in [2.75, 3.05) is 6.61 Å². The molecule has 2 rings (SSSR count). The number of fused-ring (bicyclic) bond motifs is 1. The third-order valence-electron chi connectivity index (χ3n) is 6.07. The van der Waals surface area contributed by atoms with Crippen molar-refractivity contribution in [3.8, 4) is 0 Å². The molecule has 0 radical (unpaired) electrons. The fraction of sp³-hybridized carbons (Fsp3) is 1.00. The van der Waals surface area contributed by atoms with Gasteiger partial charge in [-0.25, -0.2) is 0 Å². The first-order chi connectivity index (χ1) is 7.72. The highest BCUT2D eigenvalue weighted by molar-refractivity contribution is 5.06. The van der Waals surface area contributed by atoms with Crippen LogP contribution in [-0.2, 0) is 4.74 Å². The second-order valence-corrected chi connectivity index (χ2v) is 7.22. The molecule has 0 aromatic heterocycles. The molecule has 4 atom stereocenters. The molecular weight excluding hydrogens is 212 g/mol. The van der Waals surface area contributed by atoms with Gasteiger partial charge in [-0.05, 0) is 49.9 Å². The summed E-state index contributed by atoms with van der Waals surface area (Å²) in [5, 5.41) is 10.7. The minimum atomic E-state index is -0.965. The smallest absolute Gasteiger partial charge is 0.168 e. The van der Waals surface area contributed by atoms with Crippen molar-refractivity contribution in [3.05, 3.63) is 0 Å². The first kappa shape index (κ1) is 13.4. The average molecular weight is 240 g/mol. The average Bonchev–Trinajstić information content (AvgIpc) is 2.20. The van der Waals surface area contributed by atoms with Crippen molar-refractivity contribution in [1.29, 1.82) is 0 Å². The van der Waals surface area contributed by atoms with Crippen LogP contribution in [0.15, 0.2) is 0 Å². The summed E-state index contributed by atoms with van der Waals surface area (Å²) in [6.07, 6.45) is 4.71. The maximum Gasteiger partial charge on any atom is 0.168 e. The van der Waals surface area contributed by atoms with Crippen LogP contribution in [0.3, 0.4) is 0 Å². The van der Waals surface area contributed by atoms with Gasteiger partial charge < -0.3 is 9.84 Å². The second-order valence-electron chi connectivity index (χ2n) is 7.22. The van der Waals surface area contributed by atoms with Gasteiger partial charge in [-0.1, -0.05) is 27.7 Å². The van der Waals surface area contributed by atoms with Crippen LogP contribution in [-0.4, -0.2) is 17.5 Å². The number of hydrogen-bond acceptors (Lipinski definition) is 2. The van der Waals surface area contributed by atoms with Crippen molar-refractivity contribution < 1.29 is 9.84 Å². The lowest BCUT2D eigenvalue weighted by Crippen LogP contribution is -2.61. The van der Waals surface area contributed by atoms with Gasteiger partial charge in [0.25, 0.3) is 0 Å². The van der Waals surface area contributed by atoms with Gasteiger partial charge >= 0.3 is 0 Å². The van der Waals surface area contributed by atoms with Gasteiger partial charge in [0, 0.05) is 5.41 Å². The minimum Gasteiger partial charge on any atom is -0.365 e. The van der Waals surface area contributed by atoms with Crippen LogP contribution in [0.2, 0.25) is 0 Å². The molecule has 2 nitrogen and oxygen atoms in total. The molecule has 1 saturated carbocycles. The standard InChI is InChI=1S/C15H28O2/c1-11(2)12-6-7-13(3)8-9-17-15(5,16)14(13,4)10-12/h11-12,16H,6-10H2,1-5H3/t12-,13-,14-,15?/m1/s1. The molecule has 0 amide bonds. The molecule has 0 bridgehead atoms. The van der Waals surface area contributed by atoms with Crippen molar-refractivity contribution in [3.63, 3.8) is 0 Å². The maximum absolute atomic E-state index is 10.7. The van der Waals surface area contributed by atoms with Crippen LogP contribution in [0.25, 0.3) is 0 Å². The lowest BCUT2D eigenvalue weighted by molar-refractivity contribution is -0.333. The Morgan fingerprint density at radius 3 is 2.41 bits per heavy atom. The fourth-order valence-electron chi connectivity index (χ4n) is 4.01. The molecule has 2 heteroatoms. The predicted octanol–water partition coefficient (Wildman–Crippen LogP) is 3.58.